The van der Waals surface area contributed by atoms with Crippen LogP contribution < -0.4 is 11.1 Å². The molecule has 31 heavy (non-hydrogen) atoms. The van der Waals surface area contributed by atoms with E-state index in [-0.39, 0.29) is 5.54 Å². The number of hydrogen-bond acceptors (Lipinski definition) is 6. The minimum absolute atomic E-state index is 0.240. The van der Waals surface area contributed by atoms with Crippen LogP contribution in [-0.4, -0.2) is 27.8 Å². The molecular weight excluding hydrogens is 404 g/mol. The Bertz CT molecular complexity index is 1120. The average molecular weight is 433 g/mol. The van der Waals surface area contributed by atoms with E-state index >= 15 is 0 Å². The van der Waals surface area contributed by atoms with Gasteiger partial charge in [0.25, 0.3) is 0 Å². The first-order chi connectivity index (χ1) is 14.8. The molecule has 1 aromatic carbocycles. The fourth-order valence-corrected chi connectivity index (χ4v) is 3.98. The summed E-state index contributed by atoms with van der Waals surface area (Å²) in [6.45, 7) is 6.58. The van der Waals surface area contributed by atoms with Crippen LogP contribution in [0.1, 0.15) is 31.5 Å². The number of nitriles is 1. The fourth-order valence-electron chi connectivity index (χ4n) is 3.83. The second kappa shape index (κ2) is 9.82. The Morgan fingerprint density at radius 2 is 2.06 bits per heavy atom. The van der Waals surface area contributed by atoms with E-state index in [4.69, 9.17) is 16.4 Å². The van der Waals surface area contributed by atoms with E-state index in [0.717, 1.165) is 34.7 Å². The average Bonchev–Trinajstić information content (AvgIpc) is 3.32. The highest BCUT2D eigenvalue weighted by Crippen LogP contribution is 2.26. The Morgan fingerprint density at radius 1 is 1.32 bits per heavy atom. The Hall–Kier alpha value is -3.08. The van der Waals surface area contributed by atoms with Crippen molar-refractivity contribution in [1.29, 1.82) is 10.7 Å². The van der Waals surface area contributed by atoms with E-state index in [1.54, 1.807) is 24.3 Å². The predicted octanol–water partition coefficient (Wildman–Crippen LogP) is 4.22. The molecule has 7 heteroatoms. The molecule has 0 saturated carbocycles. The SMILES string of the molecule is CC1(C)CC(Cn2ccc3nc(/C(C=N)=C/N)ccc32)CN1.N#Cc1ccc(S)cc1. The third-order valence-electron chi connectivity index (χ3n) is 5.37. The number of nitrogens with one attached hydrogen (secondary N) is 2. The van der Waals surface area contributed by atoms with E-state index in [9.17, 15) is 0 Å². The summed E-state index contributed by atoms with van der Waals surface area (Å²) in [5.41, 5.74) is 9.91. The highest BCUT2D eigenvalue weighted by Gasteiger charge is 2.30. The van der Waals surface area contributed by atoms with Crippen LogP contribution in [0.2, 0.25) is 0 Å². The Labute approximate surface area is 188 Å². The van der Waals surface area contributed by atoms with Gasteiger partial charge in [-0.25, -0.2) is 4.98 Å². The van der Waals surface area contributed by atoms with Gasteiger partial charge < -0.3 is 21.0 Å². The number of rotatable bonds is 4. The molecule has 160 valence electrons. The number of allylic oxidation sites excluding steroid dienone is 1. The van der Waals surface area contributed by atoms with Gasteiger partial charge in [-0.05, 0) is 68.7 Å². The first-order valence-corrected chi connectivity index (χ1v) is 10.6. The van der Waals surface area contributed by atoms with Gasteiger partial charge in [0, 0.05) is 47.7 Å². The molecule has 0 spiro atoms. The molecule has 0 amide bonds. The summed E-state index contributed by atoms with van der Waals surface area (Å²) in [6.07, 6.45) is 5.94. The van der Waals surface area contributed by atoms with Gasteiger partial charge in [0.15, 0.2) is 0 Å². The molecule has 1 aliphatic heterocycles. The number of nitrogens with two attached hydrogens (primary N) is 1. The van der Waals surface area contributed by atoms with Crippen LogP contribution in [0.5, 0.6) is 0 Å². The third kappa shape index (κ3) is 5.75. The van der Waals surface area contributed by atoms with Crippen LogP contribution in [0, 0.1) is 22.7 Å². The van der Waals surface area contributed by atoms with E-state index in [2.05, 4.69) is 53.6 Å². The number of fused-ring (bicyclic) bond motifs is 1. The lowest BCUT2D eigenvalue weighted by Gasteiger charge is -2.17. The van der Waals surface area contributed by atoms with Gasteiger partial charge in [-0.2, -0.15) is 5.26 Å². The van der Waals surface area contributed by atoms with Crippen LogP contribution in [0.15, 0.2) is 59.8 Å². The maximum atomic E-state index is 8.35. The molecule has 0 bridgehead atoms. The molecule has 3 heterocycles. The molecule has 0 radical (unpaired) electrons. The molecule has 2 aromatic heterocycles. The summed E-state index contributed by atoms with van der Waals surface area (Å²) in [4.78, 5) is 5.49. The van der Waals surface area contributed by atoms with Crippen molar-refractivity contribution >= 4 is 35.4 Å². The van der Waals surface area contributed by atoms with Gasteiger partial charge in [-0.1, -0.05) is 0 Å². The van der Waals surface area contributed by atoms with Crippen LogP contribution in [0.3, 0.4) is 0 Å². The van der Waals surface area contributed by atoms with Crippen molar-refractivity contribution in [2.75, 3.05) is 6.54 Å². The second-order valence-corrected chi connectivity index (χ2v) is 8.85. The summed E-state index contributed by atoms with van der Waals surface area (Å²) in [5.74, 6) is 0.645. The molecule has 1 fully saturated rings. The number of pyridine rings is 1. The third-order valence-corrected chi connectivity index (χ3v) is 5.67. The number of aromatic nitrogens is 2. The van der Waals surface area contributed by atoms with Gasteiger partial charge in [0.2, 0.25) is 0 Å². The molecule has 1 atom stereocenters. The molecule has 3 aromatic rings. The number of nitrogens with zero attached hydrogens (tertiary/aromatic N) is 3. The van der Waals surface area contributed by atoms with Crippen molar-refractivity contribution < 1.29 is 0 Å². The smallest absolute Gasteiger partial charge is 0.0991 e. The first-order valence-electron chi connectivity index (χ1n) is 10.2. The van der Waals surface area contributed by atoms with Gasteiger partial charge >= 0.3 is 0 Å². The van der Waals surface area contributed by atoms with E-state index in [1.165, 1.54) is 18.8 Å². The van der Waals surface area contributed by atoms with Gasteiger partial charge in [-0.15, -0.1) is 12.6 Å². The lowest BCUT2D eigenvalue weighted by molar-refractivity contribution is 0.421. The molecule has 1 saturated heterocycles. The molecule has 0 aliphatic carbocycles. The molecule has 4 N–H and O–H groups in total. The minimum atomic E-state index is 0.240. The summed E-state index contributed by atoms with van der Waals surface area (Å²) in [5, 5.41) is 19.3. The number of thiol groups is 1. The lowest BCUT2D eigenvalue weighted by Crippen LogP contribution is -2.31. The van der Waals surface area contributed by atoms with Crippen molar-refractivity contribution in [3.63, 3.8) is 0 Å². The zero-order valence-corrected chi connectivity index (χ0v) is 18.7. The monoisotopic (exact) mass is 432 g/mol. The fraction of sp³-hybridized carbons (Fsp3) is 0.292. The van der Waals surface area contributed by atoms with Gasteiger partial charge in [0.1, 0.15) is 0 Å². The second-order valence-electron chi connectivity index (χ2n) is 8.33. The predicted molar refractivity (Wildman–Crippen MR) is 129 cm³/mol. The molecule has 1 aliphatic rings. The van der Waals surface area contributed by atoms with E-state index < -0.39 is 0 Å². The van der Waals surface area contributed by atoms with Crippen molar-refractivity contribution in [2.24, 2.45) is 11.7 Å². The highest BCUT2D eigenvalue weighted by molar-refractivity contribution is 7.80. The van der Waals surface area contributed by atoms with Crippen LogP contribution in [0.25, 0.3) is 16.6 Å². The van der Waals surface area contributed by atoms with Crippen LogP contribution in [0.4, 0.5) is 0 Å². The summed E-state index contributed by atoms with van der Waals surface area (Å²) < 4.78 is 2.27. The lowest BCUT2D eigenvalue weighted by atomic mass is 9.97. The van der Waals surface area contributed by atoms with Gasteiger partial charge in [-0.3, -0.25) is 0 Å². The highest BCUT2D eigenvalue weighted by atomic mass is 32.1. The largest absolute Gasteiger partial charge is 0.404 e. The van der Waals surface area contributed by atoms with Gasteiger partial charge in [0.05, 0.1) is 28.4 Å². The molecule has 6 nitrogen and oxygen atoms in total. The van der Waals surface area contributed by atoms with Crippen molar-refractivity contribution in [3.8, 4) is 6.07 Å². The Kier molecular flexibility index (Phi) is 7.16. The molecule has 1 unspecified atom stereocenters. The Balaban J connectivity index is 0.000000254. The molecular formula is C24H28N6S. The first kappa shape index (κ1) is 22.6. The normalized spacial score (nSPS) is 17.6. The van der Waals surface area contributed by atoms with Crippen molar-refractivity contribution in [3.05, 3.63) is 66.1 Å². The quantitative estimate of drug-likeness (QED) is 0.366. The molecule has 4 rings (SSSR count). The van der Waals surface area contributed by atoms with Crippen molar-refractivity contribution in [1.82, 2.24) is 14.9 Å². The summed E-state index contributed by atoms with van der Waals surface area (Å²) in [7, 11) is 0. The summed E-state index contributed by atoms with van der Waals surface area (Å²) >= 11 is 4.06. The maximum Gasteiger partial charge on any atom is 0.0991 e. The Morgan fingerprint density at radius 3 is 2.65 bits per heavy atom. The zero-order chi connectivity index (χ0) is 22.4. The zero-order valence-electron chi connectivity index (χ0n) is 17.8. The number of benzene rings is 1. The summed E-state index contributed by atoms with van der Waals surface area (Å²) in [6, 6.07) is 15.1. The van der Waals surface area contributed by atoms with Crippen molar-refractivity contribution in [2.45, 2.75) is 37.2 Å². The van der Waals surface area contributed by atoms with Crippen LogP contribution in [-0.2, 0) is 6.54 Å². The van der Waals surface area contributed by atoms with E-state index in [1.807, 2.05) is 18.2 Å². The minimum Gasteiger partial charge on any atom is -0.404 e. The van der Waals surface area contributed by atoms with E-state index in [0.29, 0.717) is 17.1 Å². The standard InChI is InChI=1S/C17H23N5.C7H5NS/c1-17(2)7-12(10-20-17)11-22-6-5-15-16(22)4-3-14(21-15)13(8-18)9-19;8-5-6-1-3-7(9)4-2-6/h3-6,8-9,12,18,20H,7,10-11,19H2,1-2H3;1-4,9H/b13-9+,18-8?;. The maximum absolute atomic E-state index is 8.35. The number of hydrogen-bond donors (Lipinski definition) is 4. The topological polar surface area (TPSA) is 104 Å². The van der Waals surface area contributed by atoms with Crippen LogP contribution >= 0.6 is 12.6 Å².